The average molecular weight is 266 g/mol. The van der Waals surface area contributed by atoms with E-state index in [1.165, 1.54) is 0 Å². The van der Waals surface area contributed by atoms with Crippen LogP contribution in [0.25, 0.3) is 10.8 Å². The van der Waals surface area contributed by atoms with Crippen LogP contribution in [0, 0.1) is 5.41 Å². The van der Waals surface area contributed by atoms with E-state index in [2.05, 4.69) is 20.8 Å². The summed E-state index contributed by atoms with van der Waals surface area (Å²) in [4.78, 5) is 0. The summed E-state index contributed by atoms with van der Waals surface area (Å²) in [5.41, 5.74) is 7.04. The van der Waals surface area contributed by atoms with E-state index in [0.29, 0.717) is 0 Å². The summed E-state index contributed by atoms with van der Waals surface area (Å²) in [6.07, 6.45) is 0. The van der Waals surface area contributed by atoms with Gasteiger partial charge in [0.05, 0.1) is 0 Å². The molecule has 1 atom stereocenters. The minimum absolute atomic E-state index is 0. The molecule has 0 aliphatic carbocycles. The van der Waals surface area contributed by atoms with Gasteiger partial charge in [-0.1, -0.05) is 51.1 Å². The fraction of sp³-hybridized carbons (Fsp3) is 0.333. The van der Waals surface area contributed by atoms with Gasteiger partial charge in [-0.2, -0.15) is 0 Å². The van der Waals surface area contributed by atoms with E-state index in [9.17, 15) is 5.11 Å². The molecule has 0 unspecified atom stereocenters. The molecule has 0 bridgehead atoms. The summed E-state index contributed by atoms with van der Waals surface area (Å²) in [6, 6.07) is 11.5. The quantitative estimate of drug-likeness (QED) is 0.818. The molecule has 2 aromatic carbocycles. The van der Waals surface area contributed by atoms with Crippen molar-refractivity contribution in [2.24, 2.45) is 11.1 Å². The standard InChI is InChI=1S/C15H19NO.ClH/c1-15(2,3)14(16)13-11-7-5-4-6-10(11)8-9-12(13)17;/h4-9,14,17H,16H2,1-3H3;1H/t14-;/m0./s1. The highest BCUT2D eigenvalue weighted by atomic mass is 35.5. The largest absolute Gasteiger partial charge is 0.508 e. The molecule has 0 heterocycles. The summed E-state index contributed by atoms with van der Waals surface area (Å²) >= 11 is 0. The molecule has 0 fully saturated rings. The van der Waals surface area contributed by atoms with E-state index in [4.69, 9.17) is 5.73 Å². The molecule has 0 aliphatic heterocycles. The molecular weight excluding hydrogens is 246 g/mol. The van der Waals surface area contributed by atoms with Gasteiger partial charge < -0.3 is 10.8 Å². The Labute approximate surface area is 114 Å². The summed E-state index contributed by atoms with van der Waals surface area (Å²) in [5.74, 6) is 0.283. The number of nitrogens with two attached hydrogens (primary N) is 1. The zero-order valence-corrected chi connectivity index (χ0v) is 11.8. The van der Waals surface area contributed by atoms with Gasteiger partial charge in [-0.25, -0.2) is 0 Å². The molecule has 3 heteroatoms. The van der Waals surface area contributed by atoms with Crippen molar-refractivity contribution in [2.45, 2.75) is 26.8 Å². The molecule has 0 aromatic heterocycles. The first-order valence-electron chi connectivity index (χ1n) is 5.87. The van der Waals surface area contributed by atoms with Gasteiger partial charge in [0, 0.05) is 11.6 Å². The van der Waals surface area contributed by atoms with Crippen LogP contribution >= 0.6 is 12.4 Å². The van der Waals surface area contributed by atoms with Crippen LogP contribution in [0.15, 0.2) is 36.4 Å². The van der Waals surface area contributed by atoms with Crippen LogP contribution in [0.1, 0.15) is 32.4 Å². The molecule has 18 heavy (non-hydrogen) atoms. The highest BCUT2D eigenvalue weighted by Gasteiger charge is 2.26. The van der Waals surface area contributed by atoms with Gasteiger partial charge >= 0.3 is 0 Å². The highest BCUT2D eigenvalue weighted by Crippen LogP contribution is 2.39. The van der Waals surface area contributed by atoms with Crippen LogP contribution in [0.4, 0.5) is 0 Å². The maximum absolute atomic E-state index is 10.1. The first-order chi connectivity index (χ1) is 7.91. The lowest BCUT2D eigenvalue weighted by Gasteiger charge is -2.29. The Balaban J connectivity index is 0.00000162. The number of phenolic OH excluding ortho intramolecular Hbond substituents is 1. The van der Waals surface area contributed by atoms with E-state index in [-0.39, 0.29) is 29.6 Å². The third-order valence-corrected chi connectivity index (χ3v) is 3.19. The molecule has 0 saturated heterocycles. The molecular formula is C15H20ClNO. The molecule has 0 radical (unpaired) electrons. The van der Waals surface area contributed by atoms with Crippen LogP contribution in [0.2, 0.25) is 0 Å². The van der Waals surface area contributed by atoms with Gasteiger partial charge in [0.1, 0.15) is 5.75 Å². The fourth-order valence-corrected chi connectivity index (χ4v) is 2.04. The smallest absolute Gasteiger partial charge is 0.121 e. The van der Waals surface area contributed by atoms with Gasteiger partial charge in [-0.15, -0.1) is 12.4 Å². The highest BCUT2D eigenvalue weighted by molar-refractivity contribution is 5.88. The monoisotopic (exact) mass is 265 g/mol. The Morgan fingerprint density at radius 1 is 1.06 bits per heavy atom. The van der Waals surface area contributed by atoms with E-state index < -0.39 is 0 Å². The zero-order valence-electron chi connectivity index (χ0n) is 11.0. The van der Waals surface area contributed by atoms with Crippen molar-refractivity contribution in [1.82, 2.24) is 0 Å². The van der Waals surface area contributed by atoms with E-state index >= 15 is 0 Å². The van der Waals surface area contributed by atoms with Crippen molar-refractivity contribution in [3.63, 3.8) is 0 Å². The molecule has 0 amide bonds. The number of hydrogen-bond donors (Lipinski definition) is 2. The number of fused-ring (bicyclic) bond motifs is 1. The van der Waals surface area contributed by atoms with E-state index in [1.807, 2.05) is 30.3 Å². The number of phenols is 1. The average Bonchev–Trinajstić information content (AvgIpc) is 2.27. The lowest BCUT2D eigenvalue weighted by molar-refractivity contribution is 0.319. The SMILES string of the molecule is CC(C)(C)[C@@H](N)c1c(O)ccc2ccccc12.Cl. The lowest BCUT2D eigenvalue weighted by atomic mass is 9.81. The number of halogens is 1. The second-order valence-corrected chi connectivity index (χ2v) is 5.56. The summed E-state index contributed by atoms with van der Waals surface area (Å²) in [6.45, 7) is 6.25. The van der Waals surface area contributed by atoms with E-state index in [0.717, 1.165) is 16.3 Å². The number of hydrogen-bond acceptors (Lipinski definition) is 2. The third kappa shape index (κ3) is 2.60. The second-order valence-electron chi connectivity index (χ2n) is 5.56. The number of rotatable bonds is 1. The molecule has 2 rings (SSSR count). The van der Waals surface area contributed by atoms with Crippen molar-refractivity contribution < 1.29 is 5.11 Å². The summed E-state index contributed by atoms with van der Waals surface area (Å²) in [5, 5.41) is 12.2. The molecule has 0 spiro atoms. The van der Waals surface area contributed by atoms with Crippen molar-refractivity contribution >= 4 is 23.2 Å². The van der Waals surface area contributed by atoms with Crippen molar-refractivity contribution in [3.05, 3.63) is 42.0 Å². The normalized spacial score (nSPS) is 13.1. The van der Waals surface area contributed by atoms with Crippen LogP contribution in [0.5, 0.6) is 5.75 Å². The third-order valence-electron chi connectivity index (χ3n) is 3.19. The molecule has 98 valence electrons. The Morgan fingerprint density at radius 2 is 1.67 bits per heavy atom. The molecule has 0 aliphatic rings. The van der Waals surface area contributed by atoms with Crippen molar-refractivity contribution in [2.75, 3.05) is 0 Å². The van der Waals surface area contributed by atoms with Crippen LogP contribution < -0.4 is 5.73 Å². The number of benzene rings is 2. The van der Waals surface area contributed by atoms with Crippen LogP contribution in [-0.2, 0) is 0 Å². The molecule has 3 N–H and O–H groups in total. The van der Waals surface area contributed by atoms with Gasteiger partial charge in [0.2, 0.25) is 0 Å². The maximum Gasteiger partial charge on any atom is 0.121 e. The number of aromatic hydroxyl groups is 1. The van der Waals surface area contributed by atoms with Crippen molar-refractivity contribution in [1.29, 1.82) is 0 Å². The first kappa shape index (κ1) is 14.8. The fourth-order valence-electron chi connectivity index (χ4n) is 2.04. The van der Waals surface area contributed by atoms with Crippen LogP contribution in [-0.4, -0.2) is 5.11 Å². The zero-order chi connectivity index (χ0) is 12.6. The Kier molecular flexibility index (Phi) is 4.25. The maximum atomic E-state index is 10.1. The van der Waals surface area contributed by atoms with Gasteiger partial charge in [-0.05, 0) is 22.3 Å². The second kappa shape index (κ2) is 5.17. The van der Waals surface area contributed by atoms with Crippen molar-refractivity contribution in [3.8, 4) is 5.75 Å². The molecule has 0 saturated carbocycles. The Morgan fingerprint density at radius 3 is 2.28 bits per heavy atom. The van der Waals surface area contributed by atoms with E-state index in [1.54, 1.807) is 6.07 Å². The van der Waals surface area contributed by atoms with Gasteiger partial charge in [0.15, 0.2) is 0 Å². The molecule has 2 aromatic rings. The summed E-state index contributed by atoms with van der Waals surface area (Å²) < 4.78 is 0. The summed E-state index contributed by atoms with van der Waals surface area (Å²) in [7, 11) is 0. The lowest BCUT2D eigenvalue weighted by Crippen LogP contribution is -2.26. The molecule has 2 nitrogen and oxygen atoms in total. The predicted molar refractivity (Wildman–Crippen MR) is 79.2 cm³/mol. The van der Waals surface area contributed by atoms with Crippen LogP contribution in [0.3, 0.4) is 0 Å². The minimum atomic E-state index is -0.186. The predicted octanol–water partition coefficient (Wildman–Crippen LogP) is 4.01. The first-order valence-corrected chi connectivity index (χ1v) is 5.87. The topological polar surface area (TPSA) is 46.2 Å². The van der Waals surface area contributed by atoms with Gasteiger partial charge in [-0.3, -0.25) is 0 Å². The van der Waals surface area contributed by atoms with Gasteiger partial charge in [0.25, 0.3) is 0 Å². The minimum Gasteiger partial charge on any atom is -0.508 e. The Bertz CT molecular complexity index is 546. The Hall–Kier alpha value is -1.25.